The number of imide groups is 1. The molecular weight excluding hydrogens is 720 g/mol. The fourth-order valence-corrected chi connectivity index (χ4v) is 7.24. The van der Waals surface area contributed by atoms with Crippen molar-refractivity contribution in [2.24, 2.45) is 16.8 Å². The first-order chi connectivity index (χ1) is 26.9. The maximum atomic E-state index is 13.5. The number of hydrogen-bond acceptors (Lipinski definition) is 10. The third-order valence-electron chi connectivity index (χ3n) is 10.3. The molecule has 1 unspecified atom stereocenters. The molecule has 2 fully saturated rings. The van der Waals surface area contributed by atoms with Crippen LogP contribution in [0.1, 0.15) is 63.9 Å². The van der Waals surface area contributed by atoms with E-state index in [0.717, 1.165) is 40.8 Å². The van der Waals surface area contributed by atoms with Crippen LogP contribution >= 0.6 is 0 Å². The molecule has 2 aliphatic rings. The molecule has 0 spiro atoms. The standard InChI is InChI=1S/C40H50N8O8/c1-24(2)33(45-40(54)56-5)37(51)47-18-6-8-31(47)35-42-22-30(44-35)29-16-14-28(15-17-29)27-12-10-26(11-13-27)21-43-39(53)46-36(50)32-9-7-19-48(32)38(52)34(55-4)25(3)20-41-23-49/h10-17,22,24-25,31-34H,6-9,18-21H2,1-5H3,(H,42,44)(H,45,54)(H2,43,46,50,53)/t25?,31-,32-,33-,34-/m0/s1. The first kappa shape index (κ1) is 41.3. The first-order valence-corrected chi connectivity index (χ1v) is 18.8. The van der Waals surface area contributed by atoms with Crippen LogP contribution in [-0.2, 0) is 35.2 Å². The van der Waals surface area contributed by atoms with Gasteiger partial charge in [0.25, 0.3) is 11.8 Å². The lowest BCUT2D eigenvalue weighted by molar-refractivity contribution is -0.148. The van der Waals surface area contributed by atoms with Crippen molar-refractivity contribution in [2.75, 3.05) is 33.9 Å². The monoisotopic (exact) mass is 770 g/mol. The molecule has 5 rings (SSSR count). The predicted octanol–water partition coefficient (Wildman–Crippen LogP) is 4.09. The molecule has 4 N–H and O–H groups in total. The van der Waals surface area contributed by atoms with E-state index in [0.29, 0.717) is 31.8 Å². The van der Waals surface area contributed by atoms with Crippen LogP contribution < -0.4 is 16.0 Å². The van der Waals surface area contributed by atoms with Gasteiger partial charge in [0.15, 0.2) is 0 Å². The van der Waals surface area contributed by atoms with Crippen molar-refractivity contribution in [2.45, 2.75) is 77.2 Å². The Hall–Kier alpha value is -5.86. The topological polar surface area (TPSA) is 204 Å². The van der Waals surface area contributed by atoms with Gasteiger partial charge in [-0.25, -0.2) is 24.4 Å². The quantitative estimate of drug-likeness (QED) is 0.138. The van der Waals surface area contributed by atoms with E-state index in [1.807, 2.05) is 62.4 Å². The van der Waals surface area contributed by atoms with E-state index in [1.54, 1.807) is 18.0 Å². The number of hydrogen-bond donors (Lipinski definition) is 4. The molecule has 2 aromatic carbocycles. The molecule has 298 valence electrons. The number of nitrogens with one attached hydrogen (secondary N) is 4. The lowest BCUT2D eigenvalue weighted by Gasteiger charge is -2.30. The highest BCUT2D eigenvalue weighted by Gasteiger charge is 2.40. The number of likely N-dealkylation sites (tertiary alicyclic amines) is 2. The zero-order valence-corrected chi connectivity index (χ0v) is 32.4. The van der Waals surface area contributed by atoms with Gasteiger partial charge >= 0.3 is 12.1 Å². The molecule has 6 amide bonds. The van der Waals surface area contributed by atoms with Gasteiger partial charge in [0.05, 0.1) is 31.6 Å². The molecule has 2 aliphatic heterocycles. The first-order valence-electron chi connectivity index (χ1n) is 18.8. The van der Waals surface area contributed by atoms with Crippen LogP contribution in [0.25, 0.3) is 22.4 Å². The number of imidazole rings is 1. The van der Waals surface area contributed by atoms with Crippen molar-refractivity contribution in [1.29, 1.82) is 0 Å². The number of amides is 6. The van der Waals surface area contributed by atoms with Gasteiger partial charge in [-0.15, -0.1) is 0 Å². The number of aliphatic imine (C=N–C) groups is 1. The largest absolute Gasteiger partial charge is 0.453 e. The van der Waals surface area contributed by atoms with Crippen LogP contribution in [0.5, 0.6) is 0 Å². The Morgan fingerprint density at radius 3 is 2.20 bits per heavy atom. The summed E-state index contributed by atoms with van der Waals surface area (Å²) in [5.41, 5.74) is 4.53. The summed E-state index contributed by atoms with van der Waals surface area (Å²) in [6, 6.07) is 13.3. The number of H-pyrrole nitrogens is 1. The van der Waals surface area contributed by atoms with Crippen LogP contribution in [0.15, 0.2) is 59.7 Å². The van der Waals surface area contributed by atoms with Gasteiger partial charge in [0.2, 0.25) is 12.0 Å². The minimum absolute atomic E-state index is 0.0633. The highest BCUT2D eigenvalue weighted by Crippen LogP contribution is 2.33. The van der Waals surface area contributed by atoms with Crippen molar-refractivity contribution in [3.63, 3.8) is 0 Å². The van der Waals surface area contributed by atoms with E-state index < -0.39 is 48.0 Å². The van der Waals surface area contributed by atoms with Crippen molar-refractivity contribution in [3.05, 3.63) is 66.1 Å². The number of aromatic amines is 1. The van der Waals surface area contributed by atoms with Gasteiger partial charge in [-0.2, -0.15) is 0 Å². The highest BCUT2D eigenvalue weighted by atomic mass is 16.5. The van der Waals surface area contributed by atoms with Crippen LogP contribution in [0.3, 0.4) is 0 Å². The molecule has 5 atom stereocenters. The minimum Gasteiger partial charge on any atom is -0.453 e. The second-order valence-electron chi connectivity index (χ2n) is 14.4. The number of urea groups is 1. The molecule has 56 heavy (non-hydrogen) atoms. The molecule has 16 heteroatoms. The number of carbonyl (C=O) groups is 5. The molecule has 1 aromatic heterocycles. The number of carbonyl (C=O) groups excluding carboxylic acids is 6. The van der Waals surface area contributed by atoms with Gasteiger partial charge in [-0.3, -0.25) is 19.7 Å². The van der Waals surface area contributed by atoms with Crippen LogP contribution in [0, 0.1) is 11.8 Å². The summed E-state index contributed by atoms with van der Waals surface area (Å²) >= 11 is 0. The van der Waals surface area contributed by atoms with Crippen molar-refractivity contribution in [1.82, 2.24) is 35.7 Å². The summed E-state index contributed by atoms with van der Waals surface area (Å²) in [5.74, 6) is -0.961. The summed E-state index contributed by atoms with van der Waals surface area (Å²) in [6.45, 7) is 6.65. The van der Waals surface area contributed by atoms with Gasteiger partial charge in [-0.05, 0) is 53.9 Å². The Kier molecular flexibility index (Phi) is 14.1. The molecule has 2 saturated heterocycles. The van der Waals surface area contributed by atoms with E-state index in [2.05, 4.69) is 30.9 Å². The van der Waals surface area contributed by atoms with Gasteiger partial charge in [0, 0.05) is 32.7 Å². The molecule has 0 saturated carbocycles. The Morgan fingerprint density at radius 1 is 0.911 bits per heavy atom. The Labute approximate surface area is 325 Å². The van der Waals surface area contributed by atoms with Crippen LogP contribution in [0.4, 0.5) is 9.59 Å². The lowest BCUT2D eigenvalue weighted by Crippen LogP contribution is -2.53. The number of ether oxygens (including phenoxy) is 2. The van der Waals surface area contributed by atoms with E-state index in [9.17, 15) is 28.8 Å². The zero-order valence-electron chi connectivity index (χ0n) is 32.4. The second-order valence-corrected chi connectivity index (χ2v) is 14.4. The second kappa shape index (κ2) is 19.1. The average molecular weight is 771 g/mol. The van der Waals surface area contributed by atoms with Crippen molar-refractivity contribution in [3.8, 4) is 22.4 Å². The fraction of sp³-hybridized carbons (Fsp3) is 0.475. The third kappa shape index (κ3) is 9.86. The van der Waals surface area contributed by atoms with Crippen molar-refractivity contribution >= 4 is 35.9 Å². The SMILES string of the molecule is COC(=O)N[C@H](C(=O)N1CCC[C@H]1c1ncc(-c2ccc(-c3ccc(CNC(=O)NC(=O)[C@@H]4CCCN4C(=O)[C@@H](OC)C(C)CN=C=O)cc3)cc2)[nH]1)C(C)C. The normalized spacial score (nSPS) is 18.1. The van der Waals surface area contributed by atoms with E-state index in [1.165, 1.54) is 25.2 Å². The number of alkyl carbamates (subject to hydrolysis) is 1. The van der Waals surface area contributed by atoms with Gasteiger partial charge in [0.1, 0.15) is 24.0 Å². The number of methoxy groups -OCH3 is 2. The summed E-state index contributed by atoms with van der Waals surface area (Å²) in [6.07, 6.45) is 4.28. The van der Waals surface area contributed by atoms with Crippen molar-refractivity contribution < 1.29 is 38.2 Å². The summed E-state index contributed by atoms with van der Waals surface area (Å²) in [4.78, 5) is 89.6. The molecule has 0 aliphatic carbocycles. The number of aromatic nitrogens is 2. The summed E-state index contributed by atoms with van der Waals surface area (Å²) < 4.78 is 10.1. The van der Waals surface area contributed by atoms with E-state index >= 15 is 0 Å². The van der Waals surface area contributed by atoms with Crippen LogP contribution in [0.2, 0.25) is 0 Å². The molecule has 0 bridgehead atoms. The molecule has 16 nitrogen and oxygen atoms in total. The molecule has 0 radical (unpaired) electrons. The molecule has 3 heterocycles. The zero-order chi connectivity index (χ0) is 40.4. The summed E-state index contributed by atoms with van der Waals surface area (Å²) in [7, 11) is 2.66. The van der Waals surface area contributed by atoms with E-state index in [-0.39, 0.29) is 31.0 Å². The fourth-order valence-electron chi connectivity index (χ4n) is 7.24. The minimum atomic E-state index is -0.892. The number of rotatable bonds is 14. The maximum Gasteiger partial charge on any atom is 0.407 e. The Morgan fingerprint density at radius 2 is 1.55 bits per heavy atom. The summed E-state index contributed by atoms with van der Waals surface area (Å²) in [5, 5.41) is 7.74. The third-order valence-corrected chi connectivity index (χ3v) is 10.3. The Balaban J connectivity index is 1.13. The highest BCUT2D eigenvalue weighted by molar-refractivity contribution is 5.99. The smallest absolute Gasteiger partial charge is 0.407 e. The number of isocyanates is 1. The maximum absolute atomic E-state index is 13.5. The average Bonchev–Trinajstić information content (AvgIpc) is 4.00. The van der Waals surface area contributed by atoms with Crippen LogP contribution in [-0.4, -0.2) is 108 Å². The lowest BCUT2D eigenvalue weighted by atomic mass is 10.0. The number of nitrogens with zero attached hydrogens (tertiary/aromatic N) is 4. The molecule has 3 aromatic rings. The number of benzene rings is 2. The van der Waals surface area contributed by atoms with E-state index in [4.69, 9.17) is 9.47 Å². The molecular formula is C40H50N8O8. The van der Waals surface area contributed by atoms with Gasteiger partial charge in [-0.1, -0.05) is 69.3 Å². The Bertz CT molecular complexity index is 1910. The van der Waals surface area contributed by atoms with Gasteiger partial charge < -0.3 is 34.9 Å². The predicted molar refractivity (Wildman–Crippen MR) is 205 cm³/mol.